The van der Waals surface area contributed by atoms with Crippen molar-refractivity contribution in [2.24, 2.45) is 4.99 Å². The smallest absolute Gasteiger partial charge is 0.193 e. The zero-order chi connectivity index (χ0) is 20.6. The number of rotatable bonds is 13. The van der Waals surface area contributed by atoms with Crippen LogP contribution >= 0.6 is 24.0 Å². The number of nitrogens with zero attached hydrogens (tertiary/aromatic N) is 2. The maximum Gasteiger partial charge on any atom is 0.193 e. The van der Waals surface area contributed by atoms with E-state index in [2.05, 4.69) is 17.1 Å². The lowest BCUT2D eigenvalue weighted by Crippen LogP contribution is -2.47. The summed E-state index contributed by atoms with van der Waals surface area (Å²) in [4.78, 5) is 7.26. The van der Waals surface area contributed by atoms with E-state index in [1.807, 2.05) is 0 Å². The monoisotopic (exact) mass is 539 g/mol. The molecular formula is C23H46IN3O3. The van der Waals surface area contributed by atoms with Gasteiger partial charge in [-0.15, -0.1) is 24.0 Å². The van der Waals surface area contributed by atoms with E-state index < -0.39 is 0 Å². The first kappa shape index (κ1) is 27.9. The maximum absolute atomic E-state index is 6.02. The number of methoxy groups -OCH3 is 1. The third kappa shape index (κ3) is 12.1. The molecule has 1 saturated carbocycles. The summed E-state index contributed by atoms with van der Waals surface area (Å²) in [7, 11) is 1.74. The van der Waals surface area contributed by atoms with Gasteiger partial charge in [-0.05, 0) is 58.3 Å². The predicted molar refractivity (Wildman–Crippen MR) is 135 cm³/mol. The summed E-state index contributed by atoms with van der Waals surface area (Å²) in [5.41, 5.74) is 0. The summed E-state index contributed by atoms with van der Waals surface area (Å²) in [6.45, 7) is 8.52. The van der Waals surface area contributed by atoms with E-state index >= 15 is 0 Å². The molecule has 2 aliphatic rings. The molecule has 2 rings (SSSR count). The average Bonchev–Trinajstić information content (AvgIpc) is 2.76. The highest BCUT2D eigenvalue weighted by atomic mass is 127. The minimum atomic E-state index is 0. The first-order valence-corrected chi connectivity index (χ1v) is 12.1. The second-order valence-electron chi connectivity index (χ2n) is 8.33. The molecule has 0 unspecified atom stereocenters. The Kier molecular flexibility index (Phi) is 17.2. The minimum Gasteiger partial charge on any atom is -0.385 e. The molecule has 0 aromatic heterocycles. The van der Waals surface area contributed by atoms with E-state index in [-0.39, 0.29) is 24.0 Å². The highest BCUT2D eigenvalue weighted by molar-refractivity contribution is 14.0. The van der Waals surface area contributed by atoms with E-state index in [0.29, 0.717) is 12.2 Å². The van der Waals surface area contributed by atoms with Gasteiger partial charge >= 0.3 is 0 Å². The van der Waals surface area contributed by atoms with Gasteiger partial charge in [0, 0.05) is 53.1 Å². The van der Waals surface area contributed by atoms with Gasteiger partial charge in [0.15, 0.2) is 5.96 Å². The van der Waals surface area contributed by atoms with Gasteiger partial charge in [0.05, 0.1) is 12.2 Å². The first-order chi connectivity index (χ1) is 14.3. The molecule has 1 saturated heterocycles. The van der Waals surface area contributed by atoms with Crippen molar-refractivity contribution in [1.82, 2.24) is 10.2 Å². The Morgan fingerprint density at radius 2 is 1.53 bits per heavy atom. The van der Waals surface area contributed by atoms with Crippen molar-refractivity contribution in [1.29, 1.82) is 0 Å². The van der Waals surface area contributed by atoms with Crippen LogP contribution < -0.4 is 5.32 Å². The summed E-state index contributed by atoms with van der Waals surface area (Å²) in [5, 5.41) is 3.47. The van der Waals surface area contributed by atoms with Crippen LogP contribution in [0.25, 0.3) is 0 Å². The Labute approximate surface area is 201 Å². The number of halogens is 1. The van der Waals surface area contributed by atoms with Crippen LogP contribution in [0, 0.1) is 0 Å². The molecule has 178 valence electrons. The Bertz CT molecular complexity index is 426. The van der Waals surface area contributed by atoms with Gasteiger partial charge in [-0.25, -0.2) is 0 Å². The van der Waals surface area contributed by atoms with Crippen molar-refractivity contribution >= 4 is 29.9 Å². The van der Waals surface area contributed by atoms with Crippen LogP contribution in [0.4, 0.5) is 0 Å². The van der Waals surface area contributed by atoms with Crippen molar-refractivity contribution in [2.45, 2.75) is 89.8 Å². The molecule has 30 heavy (non-hydrogen) atoms. The van der Waals surface area contributed by atoms with Gasteiger partial charge in [0.2, 0.25) is 0 Å². The van der Waals surface area contributed by atoms with E-state index in [9.17, 15) is 0 Å². The summed E-state index contributed by atoms with van der Waals surface area (Å²) in [6.07, 6.45) is 14.2. The van der Waals surface area contributed by atoms with Crippen LogP contribution in [-0.2, 0) is 14.2 Å². The second-order valence-corrected chi connectivity index (χ2v) is 8.33. The molecule has 7 heteroatoms. The highest BCUT2D eigenvalue weighted by Crippen LogP contribution is 2.20. The molecule has 0 spiro atoms. The zero-order valence-electron chi connectivity index (χ0n) is 19.4. The van der Waals surface area contributed by atoms with Crippen LogP contribution in [0.2, 0.25) is 0 Å². The first-order valence-electron chi connectivity index (χ1n) is 12.1. The van der Waals surface area contributed by atoms with E-state index in [1.165, 1.54) is 38.5 Å². The molecule has 1 N–H and O–H groups in total. The maximum atomic E-state index is 6.02. The van der Waals surface area contributed by atoms with E-state index in [1.54, 1.807) is 7.11 Å². The van der Waals surface area contributed by atoms with E-state index in [4.69, 9.17) is 19.2 Å². The normalized spacial score (nSPS) is 19.0. The fourth-order valence-corrected chi connectivity index (χ4v) is 4.17. The second kappa shape index (κ2) is 18.5. The van der Waals surface area contributed by atoms with Crippen LogP contribution in [0.15, 0.2) is 4.99 Å². The largest absolute Gasteiger partial charge is 0.385 e. The molecule has 0 atom stereocenters. The lowest BCUT2D eigenvalue weighted by molar-refractivity contribution is 0.00990. The zero-order valence-corrected chi connectivity index (χ0v) is 21.7. The van der Waals surface area contributed by atoms with Crippen molar-refractivity contribution < 1.29 is 14.2 Å². The highest BCUT2D eigenvalue weighted by Gasteiger charge is 2.21. The lowest BCUT2D eigenvalue weighted by Gasteiger charge is -2.34. The quantitative estimate of drug-likeness (QED) is 0.160. The Balaban J connectivity index is 0.00000450. The summed E-state index contributed by atoms with van der Waals surface area (Å²) < 4.78 is 17.1. The number of nitrogens with one attached hydrogen (secondary N) is 1. The number of piperidine rings is 1. The number of hydrogen-bond acceptors (Lipinski definition) is 4. The van der Waals surface area contributed by atoms with Gasteiger partial charge in [-0.1, -0.05) is 19.3 Å². The molecule has 1 aliphatic heterocycles. The SMILES string of the molecule is CCNC(=NCCCCCOC1CCCCC1)N1CCC(OCCCOC)CC1.I. The molecule has 2 fully saturated rings. The summed E-state index contributed by atoms with van der Waals surface area (Å²) in [5.74, 6) is 1.07. The Morgan fingerprint density at radius 3 is 2.20 bits per heavy atom. The van der Waals surface area contributed by atoms with Gasteiger partial charge in [0.25, 0.3) is 0 Å². The molecule has 1 heterocycles. The van der Waals surface area contributed by atoms with Gasteiger partial charge in [-0.2, -0.15) is 0 Å². The van der Waals surface area contributed by atoms with Gasteiger partial charge in [-0.3, -0.25) is 4.99 Å². The molecular weight excluding hydrogens is 493 g/mol. The topological polar surface area (TPSA) is 55.3 Å². The minimum absolute atomic E-state index is 0. The molecule has 0 aromatic rings. The fraction of sp³-hybridized carbons (Fsp3) is 0.957. The summed E-state index contributed by atoms with van der Waals surface area (Å²) in [6, 6.07) is 0. The summed E-state index contributed by atoms with van der Waals surface area (Å²) >= 11 is 0. The van der Waals surface area contributed by atoms with Crippen LogP contribution in [0.5, 0.6) is 0 Å². The van der Waals surface area contributed by atoms with E-state index in [0.717, 1.165) is 84.1 Å². The standard InChI is InChI=1S/C23H45N3O3.HI/c1-3-24-23(26-16-13-22(14-17-26)29-20-10-18-27-2)25-15-8-5-9-19-28-21-11-6-4-7-12-21;/h21-22H,3-20H2,1-2H3,(H,24,25);1H. The Hall–Kier alpha value is -0.120. The number of hydrogen-bond donors (Lipinski definition) is 1. The molecule has 0 bridgehead atoms. The molecule has 1 aliphatic carbocycles. The molecule has 0 aromatic carbocycles. The fourth-order valence-electron chi connectivity index (χ4n) is 4.17. The van der Waals surface area contributed by atoms with Crippen LogP contribution in [0.1, 0.15) is 77.6 Å². The number of ether oxygens (including phenoxy) is 3. The van der Waals surface area contributed by atoms with Crippen molar-refractivity contribution in [3.63, 3.8) is 0 Å². The number of aliphatic imine (C=N–C) groups is 1. The van der Waals surface area contributed by atoms with Crippen LogP contribution in [0.3, 0.4) is 0 Å². The van der Waals surface area contributed by atoms with Crippen molar-refractivity contribution in [3.8, 4) is 0 Å². The van der Waals surface area contributed by atoms with Crippen LogP contribution in [-0.4, -0.2) is 76.2 Å². The lowest BCUT2D eigenvalue weighted by atomic mass is 9.98. The number of guanidine groups is 1. The molecule has 6 nitrogen and oxygen atoms in total. The van der Waals surface area contributed by atoms with Gasteiger partial charge in [0.1, 0.15) is 0 Å². The third-order valence-electron chi connectivity index (χ3n) is 5.89. The average molecular weight is 540 g/mol. The predicted octanol–water partition coefficient (Wildman–Crippen LogP) is 4.61. The number of unbranched alkanes of at least 4 members (excludes halogenated alkanes) is 2. The van der Waals surface area contributed by atoms with Crippen molar-refractivity contribution in [3.05, 3.63) is 0 Å². The molecule has 0 radical (unpaired) electrons. The van der Waals surface area contributed by atoms with Crippen molar-refractivity contribution in [2.75, 3.05) is 53.1 Å². The third-order valence-corrected chi connectivity index (χ3v) is 5.89. The molecule has 0 amide bonds. The Morgan fingerprint density at radius 1 is 0.867 bits per heavy atom. The number of likely N-dealkylation sites (tertiary alicyclic amines) is 1. The van der Waals surface area contributed by atoms with Gasteiger partial charge < -0.3 is 24.4 Å².